The van der Waals surface area contributed by atoms with Gasteiger partial charge in [0.1, 0.15) is 11.4 Å². The van der Waals surface area contributed by atoms with Crippen molar-refractivity contribution in [2.75, 3.05) is 19.0 Å². The minimum Gasteiger partial charge on any atom is -0.506 e. The van der Waals surface area contributed by atoms with Crippen LogP contribution in [0, 0.1) is 0 Å². The summed E-state index contributed by atoms with van der Waals surface area (Å²) in [4.78, 5) is 27.5. The molecular formula is C25H22BrClN4O3. The van der Waals surface area contributed by atoms with E-state index in [1.54, 1.807) is 42.5 Å². The smallest absolute Gasteiger partial charge is 0.287 e. The van der Waals surface area contributed by atoms with Crippen molar-refractivity contribution in [1.29, 1.82) is 0 Å². The third-order valence-corrected chi connectivity index (χ3v) is 5.42. The van der Waals surface area contributed by atoms with Crippen LogP contribution in [-0.4, -0.2) is 37.2 Å². The number of hydrogen-bond acceptors (Lipinski definition) is 5. The maximum Gasteiger partial charge on any atom is 0.287 e. The third kappa shape index (κ3) is 6.69. The molecule has 3 N–H and O–H groups in total. The summed E-state index contributed by atoms with van der Waals surface area (Å²) in [6.45, 7) is 0. The Hall–Kier alpha value is -3.62. The number of halogens is 2. The molecule has 3 aromatic rings. The van der Waals surface area contributed by atoms with Crippen molar-refractivity contribution in [3.05, 3.63) is 98.6 Å². The van der Waals surface area contributed by atoms with E-state index in [-0.39, 0.29) is 16.5 Å². The lowest BCUT2D eigenvalue weighted by Crippen LogP contribution is -2.32. The molecule has 0 bridgehead atoms. The SMILES string of the molecule is CN(C)c1ccc(/C=C(\NC(=O)c2ccccc2)C(=O)N/N=C/c2cc(Br)cc(Cl)c2O)cc1. The van der Waals surface area contributed by atoms with E-state index in [0.29, 0.717) is 21.2 Å². The zero-order valence-corrected chi connectivity index (χ0v) is 20.8. The lowest BCUT2D eigenvalue weighted by Gasteiger charge is -2.12. The monoisotopic (exact) mass is 540 g/mol. The number of nitrogens with one attached hydrogen (secondary N) is 2. The molecule has 0 heterocycles. The van der Waals surface area contributed by atoms with Gasteiger partial charge in [-0.05, 0) is 48.0 Å². The number of carbonyl (C=O) groups excluding carboxylic acids is 2. The van der Waals surface area contributed by atoms with Crippen LogP contribution in [0.2, 0.25) is 5.02 Å². The van der Waals surface area contributed by atoms with E-state index >= 15 is 0 Å². The minimum atomic E-state index is -0.641. The second kappa shape index (κ2) is 11.5. The summed E-state index contributed by atoms with van der Waals surface area (Å²) < 4.78 is 0.639. The topological polar surface area (TPSA) is 94.0 Å². The van der Waals surface area contributed by atoms with Gasteiger partial charge in [-0.1, -0.05) is 57.9 Å². The van der Waals surface area contributed by atoms with Crippen LogP contribution >= 0.6 is 27.5 Å². The molecule has 3 aromatic carbocycles. The van der Waals surface area contributed by atoms with Crippen LogP contribution < -0.4 is 15.6 Å². The van der Waals surface area contributed by atoms with Gasteiger partial charge in [-0.2, -0.15) is 5.10 Å². The predicted octanol–water partition coefficient (Wildman–Crippen LogP) is 4.80. The highest BCUT2D eigenvalue weighted by molar-refractivity contribution is 9.10. The largest absolute Gasteiger partial charge is 0.506 e. The first kappa shape index (κ1) is 25.0. The number of nitrogens with zero attached hydrogens (tertiary/aromatic N) is 2. The van der Waals surface area contributed by atoms with Crippen LogP contribution in [0.1, 0.15) is 21.5 Å². The van der Waals surface area contributed by atoms with Crippen LogP contribution in [0.25, 0.3) is 6.08 Å². The second-order valence-corrected chi connectivity index (χ2v) is 8.71. The fraction of sp³-hybridized carbons (Fsp3) is 0.0800. The van der Waals surface area contributed by atoms with E-state index in [1.165, 1.54) is 12.3 Å². The number of amides is 2. The zero-order chi connectivity index (χ0) is 24.7. The molecule has 174 valence electrons. The number of carbonyl (C=O) groups is 2. The average molecular weight is 542 g/mol. The molecule has 0 saturated heterocycles. The van der Waals surface area contributed by atoms with Crippen molar-refractivity contribution in [3.63, 3.8) is 0 Å². The number of aromatic hydroxyl groups is 1. The Morgan fingerprint density at radius 3 is 2.38 bits per heavy atom. The molecule has 7 nitrogen and oxygen atoms in total. The molecular weight excluding hydrogens is 520 g/mol. The van der Waals surface area contributed by atoms with Gasteiger partial charge >= 0.3 is 0 Å². The Balaban J connectivity index is 1.84. The van der Waals surface area contributed by atoms with Gasteiger partial charge < -0.3 is 15.3 Å². The van der Waals surface area contributed by atoms with Gasteiger partial charge in [0.15, 0.2) is 0 Å². The van der Waals surface area contributed by atoms with Crippen molar-refractivity contribution in [2.45, 2.75) is 0 Å². The number of phenolic OH excluding ortho intramolecular Hbond substituents is 1. The number of anilines is 1. The summed E-state index contributed by atoms with van der Waals surface area (Å²) in [5.74, 6) is -1.25. The maximum atomic E-state index is 12.9. The molecule has 0 fully saturated rings. The third-order valence-electron chi connectivity index (χ3n) is 4.68. The lowest BCUT2D eigenvalue weighted by atomic mass is 10.1. The lowest BCUT2D eigenvalue weighted by molar-refractivity contribution is -0.117. The Kier molecular flexibility index (Phi) is 8.45. The molecule has 0 unspecified atom stereocenters. The van der Waals surface area contributed by atoms with Gasteiger partial charge in [0, 0.05) is 35.4 Å². The Morgan fingerprint density at radius 1 is 1.06 bits per heavy atom. The van der Waals surface area contributed by atoms with Crippen molar-refractivity contribution in [1.82, 2.24) is 10.7 Å². The highest BCUT2D eigenvalue weighted by Gasteiger charge is 2.14. The van der Waals surface area contributed by atoms with Crippen LogP contribution in [-0.2, 0) is 4.79 Å². The first-order valence-corrected chi connectivity index (χ1v) is 11.3. The number of phenols is 1. The van der Waals surface area contributed by atoms with E-state index in [0.717, 1.165) is 5.69 Å². The molecule has 0 saturated carbocycles. The standard InChI is InChI=1S/C25H22BrClN4O3/c1-31(2)20-10-8-16(9-11-20)12-22(29-24(33)17-6-4-3-5-7-17)25(34)30-28-15-18-13-19(26)14-21(27)23(18)32/h3-15,32H,1-2H3,(H,29,33)(H,30,34)/b22-12-,28-15+. The summed E-state index contributed by atoms with van der Waals surface area (Å²) in [6, 6.07) is 19.2. The summed E-state index contributed by atoms with van der Waals surface area (Å²) in [6.07, 6.45) is 2.81. The molecule has 34 heavy (non-hydrogen) atoms. The van der Waals surface area contributed by atoms with Crippen molar-refractivity contribution < 1.29 is 14.7 Å². The number of rotatable bonds is 7. The molecule has 2 amide bonds. The molecule has 0 aliphatic rings. The summed E-state index contributed by atoms with van der Waals surface area (Å²) in [5.41, 5.74) is 4.79. The van der Waals surface area contributed by atoms with Crippen LogP contribution in [0.3, 0.4) is 0 Å². The predicted molar refractivity (Wildman–Crippen MR) is 139 cm³/mol. The fourth-order valence-electron chi connectivity index (χ4n) is 2.88. The summed E-state index contributed by atoms with van der Waals surface area (Å²) in [5, 5.41) is 16.8. The van der Waals surface area contributed by atoms with Gasteiger partial charge in [-0.3, -0.25) is 9.59 Å². The Morgan fingerprint density at radius 2 is 1.74 bits per heavy atom. The summed E-state index contributed by atoms with van der Waals surface area (Å²) in [7, 11) is 3.86. The number of hydrazone groups is 1. The van der Waals surface area contributed by atoms with Crippen molar-refractivity contribution >= 4 is 57.3 Å². The van der Waals surface area contributed by atoms with E-state index in [4.69, 9.17) is 11.6 Å². The maximum absolute atomic E-state index is 12.9. The van der Waals surface area contributed by atoms with Crippen LogP contribution in [0.15, 0.2) is 82.0 Å². The first-order valence-electron chi connectivity index (χ1n) is 10.1. The Bertz CT molecular complexity index is 1240. The van der Waals surface area contributed by atoms with E-state index < -0.39 is 11.8 Å². The minimum absolute atomic E-state index is 0.0000951. The fourth-order valence-corrected chi connectivity index (χ4v) is 3.72. The first-order chi connectivity index (χ1) is 16.2. The van der Waals surface area contributed by atoms with Gasteiger partial charge in [0.25, 0.3) is 11.8 Å². The second-order valence-electron chi connectivity index (χ2n) is 7.39. The average Bonchev–Trinajstić information content (AvgIpc) is 2.82. The van der Waals surface area contributed by atoms with E-state index in [1.807, 2.05) is 43.3 Å². The molecule has 0 atom stereocenters. The quantitative estimate of drug-likeness (QED) is 0.228. The molecule has 0 aliphatic carbocycles. The molecule has 0 radical (unpaired) electrons. The number of hydrogen-bond donors (Lipinski definition) is 3. The molecule has 0 aromatic heterocycles. The van der Waals surface area contributed by atoms with Crippen molar-refractivity contribution in [3.8, 4) is 5.75 Å². The highest BCUT2D eigenvalue weighted by Crippen LogP contribution is 2.30. The van der Waals surface area contributed by atoms with Crippen LogP contribution in [0.5, 0.6) is 5.75 Å². The molecule has 9 heteroatoms. The molecule has 3 rings (SSSR count). The molecule has 0 spiro atoms. The molecule has 0 aliphatic heterocycles. The number of benzene rings is 3. The van der Waals surface area contributed by atoms with E-state index in [2.05, 4.69) is 31.8 Å². The van der Waals surface area contributed by atoms with Gasteiger partial charge in [-0.25, -0.2) is 5.43 Å². The van der Waals surface area contributed by atoms with Gasteiger partial charge in [0.2, 0.25) is 0 Å². The van der Waals surface area contributed by atoms with Gasteiger partial charge in [0.05, 0.1) is 11.2 Å². The summed E-state index contributed by atoms with van der Waals surface area (Å²) >= 11 is 9.25. The van der Waals surface area contributed by atoms with E-state index in [9.17, 15) is 14.7 Å². The van der Waals surface area contributed by atoms with Crippen molar-refractivity contribution in [2.24, 2.45) is 5.10 Å². The normalized spacial score (nSPS) is 11.4. The Labute approximate surface area is 210 Å². The zero-order valence-electron chi connectivity index (χ0n) is 18.4. The van der Waals surface area contributed by atoms with Crippen LogP contribution in [0.4, 0.5) is 5.69 Å². The highest BCUT2D eigenvalue weighted by atomic mass is 79.9. The van der Waals surface area contributed by atoms with Gasteiger partial charge in [-0.15, -0.1) is 0 Å².